The summed E-state index contributed by atoms with van der Waals surface area (Å²) in [5, 5.41) is 6.06. The highest BCUT2D eigenvalue weighted by Crippen LogP contribution is 2.38. The van der Waals surface area contributed by atoms with Gasteiger partial charge < -0.3 is 10.6 Å². The lowest BCUT2D eigenvalue weighted by Gasteiger charge is -2.40. The van der Waals surface area contributed by atoms with Crippen molar-refractivity contribution in [1.82, 2.24) is 10.6 Å². The molecule has 0 spiro atoms. The summed E-state index contributed by atoms with van der Waals surface area (Å²) in [4.78, 5) is 22.9. The minimum atomic E-state index is 0.0169. The third-order valence-corrected chi connectivity index (χ3v) is 4.68. The quantitative estimate of drug-likeness (QED) is 0.708. The lowest BCUT2D eigenvalue weighted by atomic mass is 9.69. The Kier molecular flexibility index (Phi) is 7.91. The average Bonchev–Trinajstić information content (AvgIpc) is 2.41. The molecule has 0 saturated heterocycles. The summed E-state index contributed by atoms with van der Waals surface area (Å²) in [5.74, 6) is 0.800. The maximum atomic E-state index is 12.1. The molecule has 1 rings (SSSR count). The van der Waals surface area contributed by atoms with E-state index in [9.17, 15) is 9.59 Å². The minimum absolute atomic E-state index is 0.0169. The van der Waals surface area contributed by atoms with Gasteiger partial charge in [0.05, 0.1) is 0 Å². The number of amides is 2. The van der Waals surface area contributed by atoms with Crippen LogP contribution in [0.1, 0.15) is 79.1 Å². The molecule has 2 unspecified atom stereocenters. The fourth-order valence-electron chi connectivity index (χ4n) is 3.47. The second-order valence-corrected chi connectivity index (χ2v) is 7.72. The van der Waals surface area contributed by atoms with E-state index in [1.54, 1.807) is 0 Å². The molecule has 22 heavy (non-hydrogen) atoms. The first-order valence-electron chi connectivity index (χ1n) is 8.84. The van der Waals surface area contributed by atoms with Crippen LogP contribution in [-0.4, -0.2) is 24.4 Å². The molecule has 1 aliphatic rings. The maximum Gasteiger partial charge on any atom is 0.220 e. The van der Waals surface area contributed by atoms with Gasteiger partial charge in [-0.1, -0.05) is 40.0 Å². The first-order valence-corrected chi connectivity index (χ1v) is 8.84. The van der Waals surface area contributed by atoms with Crippen molar-refractivity contribution in [3.05, 3.63) is 0 Å². The van der Waals surface area contributed by atoms with Crippen molar-refractivity contribution in [3.8, 4) is 0 Å². The van der Waals surface area contributed by atoms with Gasteiger partial charge in [0.25, 0.3) is 0 Å². The van der Waals surface area contributed by atoms with Gasteiger partial charge in [-0.05, 0) is 37.0 Å². The number of hydrogen-bond donors (Lipinski definition) is 2. The number of carbonyl (C=O) groups excluding carboxylic acids is 2. The van der Waals surface area contributed by atoms with E-state index in [1.807, 2.05) is 0 Å². The zero-order valence-corrected chi connectivity index (χ0v) is 14.8. The second-order valence-electron chi connectivity index (χ2n) is 7.72. The van der Waals surface area contributed by atoms with Crippen LogP contribution in [0.25, 0.3) is 0 Å². The number of rotatable bonds is 7. The number of hydrogen-bond acceptors (Lipinski definition) is 2. The molecule has 0 aliphatic heterocycles. The first-order chi connectivity index (χ1) is 10.3. The Balaban J connectivity index is 2.24. The van der Waals surface area contributed by atoms with Crippen molar-refractivity contribution < 1.29 is 9.59 Å². The highest BCUT2D eigenvalue weighted by atomic mass is 16.2. The summed E-state index contributed by atoms with van der Waals surface area (Å²) in [7, 11) is 0. The van der Waals surface area contributed by atoms with Crippen LogP contribution in [0.4, 0.5) is 0 Å². The Morgan fingerprint density at radius 1 is 1.05 bits per heavy atom. The van der Waals surface area contributed by atoms with Gasteiger partial charge in [0.2, 0.25) is 11.8 Å². The molecule has 1 saturated carbocycles. The Labute approximate surface area is 135 Å². The summed E-state index contributed by atoms with van der Waals surface area (Å²) < 4.78 is 0. The molecule has 2 atom stereocenters. The summed E-state index contributed by atoms with van der Waals surface area (Å²) in [6.07, 6.45) is 8.31. The average molecular weight is 310 g/mol. The molecule has 1 fully saturated rings. The fourth-order valence-corrected chi connectivity index (χ4v) is 3.47. The Bertz CT molecular complexity index is 361. The highest BCUT2D eigenvalue weighted by molar-refractivity contribution is 5.76. The molecule has 128 valence electrons. The lowest BCUT2D eigenvalue weighted by molar-refractivity contribution is -0.123. The SMILES string of the molecule is CC(=O)NCCCCCC(=O)NC1CCCCC1C(C)(C)C. The van der Waals surface area contributed by atoms with E-state index in [1.165, 1.54) is 26.2 Å². The molecule has 4 heteroatoms. The van der Waals surface area contributed by atoms with Crippen LogP contribution in [0.3, 0.4) is 0 Å². The molecular formula is C18H34N2O2. The largest absolute Gasteiger partial charge is 0.356 e. The summed E-state index contributed by atoms with van der Waals surface area (Å²) >= 11 is 0. The van der Waals surface area contributed by atoms with E-state index < -0.39 is 0 Å². The molecule has 0 bridgehead atoms. The Morgan fingerprint density at radius 3 is 2.36 bits per heavy atom. The van der Waals surface area contributed by atoms with Crippen LogP contribution < -0.4 is 10.6 Å². The monoisotopic (exact) mass is 310 g/mol. The van der Waals surface area contributed by atoms with Gasteiger partial charge in [0, 0.05) is 25.9 Å². The molecule has 0 radical (unpaired) electrons. The van der Waals surface area contributed by atoms with Gasteiger partial charge >= 0.3 is 0 Å². The fraction of sp³-hybridized carbons (Fsp3) is 0.889. The van der Waals surface area contributed by atoms with Gasteiger partial charge in [0.1, 0.15) is 0 Å². The van der Waals surface area contributed by atoms with E-state index in [0.717, 1.165) is 25.7 Å². The minimum Gasteiger partial charge on any atom is -0.356 e. The van der Waals surface area contributed by atoms with Crippen molar-refractivity contribution in [2.75, 3.05) is 6.54 Å². The molecule has 0 aromatic heterocycles. The van der Waals surface area contributed by atoms with E-state index in [4.69, 9.17) is 0 Å². The number of unbranched alkanes of at least 4 members (excludes halogenated alkanes) is 2. The molecule has 0 aromatic carbocycles. The molecule has 0 aromatic rings. The summed E-state index contributed by atoms with van der Waals surface area (Å²) in [6, 6.07) is 0.348. The maximum absolute atomic E-state index is 12.1. The van der Waals surface area contributed by atoms with Crippen molar-refractivity contribution >= 4 is 11.8 Å². The molecule has 4 nitrogen and oxygen atoms in total. The summed E-state index contributed by atoms with van der Waals surface area (Å²) in [5.41, 5.74) is 0.261. The van der Waals surface area contributed by atoms with Crippen LogP contribution in [0.5, 0.6) is 0 Å². The van der Waals surface area contributed by atoms with Crippen LogP contribution in [0, 0.1) is 11.3 Å². The van der Waals surface area contributed by atoms with Crippen molar-refractivity contribution in [2.45, 2.75) is 85.1 Å². The third-order valence-electron chi connectivity index (χ3n) is 4.68. The van der Waals surface area contributed by atoms with Crippen molar-refractivity contribution in [3.63, 3.8) is 0 Å². The predicted molar refractivity (Wildman–Crippen MR) is 90.5 cm³/mol. The normalized spacial score (nSPS) is 22.2. The lowest BCUT2D eigenvalue weighted by Crippen LogP contribution is -2.46. The van der Waals surface area contributed by atoms with Gasteiger partial charge in [-0.25, -0.2) is 0 Å². The van der Waals surface area contributed by atoms with Crippen LogP contribution in [-0.2, 0) is 9.59 Å². The van der Waals surface area contributed by atoms with E-state index in [2.05, 4.69) is 31.4 Å². The standard InChI is InChI=1S/C18H34N2O2/c1-14(21)19-13-9-5-6-12-17(22)20-16-11-8-7-10-15(16)18(2,3)4/h15-16H,5-13H2,1-4H3,(H,19,21)(H,20,22). The molecule has 2 N–H and O–H groups in total. The molecule has 0 heterocycles. The summed E-state index contributed by atoms with van der Waals surface area (Å²) in [6.45, 7) is 9.09. The van der Waals surface area contributed by atoms with E-state index in [-0.39, 0.29) is 17.2 Å². The van der Waals surface area contributed by atoms with Crippen molar-refractivity contribution in [2.24, 2.45) is 11.3 Å². The topological polar surface area (TPSA) is 58.2 Å². The van der Waals surface area contributed by atoms with Gasteiger partial charge in [-0.15, -0.1) is 0 Å². The zero-order chi connectivity index (χ0) is 16.6. The number of nitrogens with one attached hydrogen (secondary N) is 2. The second kappa shape index (κ2) is 9.16. The van der Waals surface area contributed by atoms with E-state index in [0.29, 0.717) is 24.9 Å². The highest BCUT2D eigenvalue weighted by Gasteiger charge is 2.34. The van der Waals surface area contributed by atoms with Gasteiger partial charge in [-0.2, -0.15) is 0 Å². The van der Waals surface area contributed by atoms with Gasteiger partial charge in [0.15, 0.2) is 0 Å². The molecule has 1 aliphatic carbocycles. The number of carbonyl (C=O) groups is 2. The van der Waals surface area contributed by atoms with Crippen LogP contribution in [0.15, 0.2) is 0 Å². The Hall–Kier alpha value is -1.06. The zero-order valence-electron chi connectivity index (χ0n) is 14.8. The third kappa shape index (κ3) is 7.28. The smallest absolute Gasteiger partial charge is 0.220 e. The molecular weight excluding hydrogens is 276 g/mol. The van der Waals surface area contributed by atoms with E-state index >= 15 is 0 Å². The van der Waals surface area contributed by atoms with Crippen LogP contribution >= 0.6 is 0 Å². The predicted octanol–water partition coefficient (Wildman–Crippen LogP) is 3.40. The Morgan fingerprint density at radius 2 is 1.73 bits per heavy atom. The first kappa shape index (κ1) is 19.0. The van der Waals surface area contributed by atoms with Gasteiger partial charge in [-0.3, -0.25) is 9.59 Å². The van der Waals surface area contributed by atoms with Crippen molar-refractivity contribution in [1.29, 1.82) is 0 Å². The molecule has 2 amide bonds. The van der Waals surface area contributed by atoms with Crippen LogP contribution in [0.2, 0.25) is 0 Å².